The van der Waals surface area contributed by atoms with Gasteiger partial charge < -0.3 is 10.2 Å². The minimum atomic E-state index is 0.575. The molecule has 3 atom stereocenters. The highest BCUT2D eigenvalue weighted by atomic mass is 79.9. The lowest BCUT2D eigenvalue weighted by atomic mass is 9.86. The SMILES string of the molecule is CNC1CCN(c2cc(C)c(Br)c(C)c2)C(C)C1C. The molecule has 0 amide bonds. The highest BCUT2D eigenvalue weighted by Gasteiger charge is 2.31. The Labute approximate surface area is 125 Å². The third-order valence-electron chi connectivity index (χ3n) is 4.69. The van der Waals surface area contributed by atoms with E-state index in [1.54, 1.807) is 0 Å². The molecule has 0 saturated carbocycles. The summed E-state index contributed by atoms with van der Waals surface area (Å²) in [5.41, 5.74) is 4.02. The quantitative estimate of drug-likeness (QED) is 0.887. The van der Waals surface area contributed by atoms with E-state index in [4.69, 9.17) is 0 Å². The third kappa shape index (κ3) is 2.82. The van der Waals surface area contributed by atoms with Crippen LogP contribution in [0.1, 0.15) is 31.4 Å². The first-order valence-electron chi connectivity index (χ1n) is 7.16. The molecule has 0 aliphatic carbocycles. The number of aryl methyl sites for hydroxylation is 2. The van der Waals surface area contributed by atoms with E-state index in [2.05, 4.69) is 73.0 Å². The second-order valence-corrected chi connectivity index (χ2v) is 6.66. The number of nitrogens with one attached hydrogen (secondary N) is 1. The maximum Gasteiger partial charge on any atom is 0.0374 e. The number of nitrogens with zero attached hydrogens (tertiary/aromatic N) is 1. The minimum Gasteiger partial charge on any atom is -0.368 e. The van der Waals surface area contributed by atoms with Crippen molar-refractivity contribution in [1.29, 1.82) is 0 Å². The van der Waals surface area contributed by atoms with Gasteiger partial charge in [0.25, 0.3) is 0 Å². The monoisotopic (exact) mass is 324 g/mol. The van der Waals surface area contributed by atoms with Crippen LogP contribution in [0.2, 0.25) is 0 Å². The van der Waals surface area contributed by atoms with Gasteiger partial charge in [0.1, 0.15) is 0 Å². The first-order chi connectivity index (χ1) is 8.95. The van der Waals surface area contributed by atoms with E-state index in [1.807, 2.05) is 0 Å². The normalized spacial score (nSPS) is 27.7. The van der Waals surface area contributed by atoms with Crippen LogP contribution in [-0.4, -0.2) is 25.7 Å². The van der Waals surface area contributed by atoms with Gasteiger partial charge >= 0.3 is 0 Å². The minimum absolute atomic E-state index is 0.575. The van der Waals surface area contributed by atoms with Crippen molar-refractivity contribution in [3.05, 3.63) is 27.7 Å². The Kier molecular flexibility index (Phi) is 4.57. The molecule has 1 aromatic rings. The molecule has 1 fully saturated rings. The van der Waals surface area contributed by atoms with Gasteiger partial charge in [0.15, 0.2) is 0 Å². The molecular formula is C16H25BrN2. The van der Waals surface area contributed by atoms with E-state index in [-0.39, 0.29) is 0 Å². The summed E-state index contributed by atoms with van der Waals surface area (Å²) in [5.74, 6) is 0.669. The van der Waals surface area contributed by atoms with Crippen molar-refractivity contribution in [2.24, 2.45) is 5.92 Å². The number of benzene rings is 1. The first-order valence-corrected chi connectivity index (χ1v) is 7.95. The second-order valence-electron chi connectivity index (χ2n) is 5.87. The van der Waals surface area contributed by atoms with Gasteiger partial charge in [-0.2, -0.15) is 0 Å². The molecule has 1 aromatic carbocycles. The fraction of sp³-hybridized carbons (Fsp3) is 0.625. The number of hydrogen-bond donors (Lipinski definition) is 1. The Hall–Kier alpha value is -0.540. The lowest BCUT2D eigenvalue weighted by molar-refractivity contribution is 0.282. The van der Waals surface area contributed by atoms with Crippen molar-refractivity contribution in [2.45, 2.75) is 46.2 Å². The smallest absolute Gasteiger partial charge is 0.0374 e. The summed E-state index contributed by atoms with van der Waals surface area (Å²) in [6.07, 6.45) is 1.22. The van der Waals surface area contributed by atoms with Crippen LogP contribution in [-0.2, 0) is 0 Å². The van der Waals surface area contributed by atoms with Crippen molar-refractivity contribution >= 4 is 21.6 Å². The fourth-order valence-corrected chi connectivity index (χ4v) is 3.45. The number of rotatable bonds is 2. The average molecular weight is 325 g/mol. The third-order valence-corrected chi connectivity index (χ3v) is 5.94. The maximum atomic E-state index is 3.66. The van der Waals surface area contributed by atoms with E-state index in [1.165, 1.54) is 27.7 Å². The Morgan fingerprint density at radius 3 is 2.32 bits per heavy atom. The van der Waals surface area contributed by atoms with Crippen LogP contribution < -0.4 is 10.2 Å². The molecule has 0 spiro atoms. The van der Waals surface area contributed by atoms with Crippen LogP contribution in [0, 0.1) is 19.8 Å². The summed E-state index contributed by atoms with van der Waals surface area (Å²) in [6, 6.07) is 5.83. The van der Waals surface area contributed by atoms with Gasteiger partial charge in [-0.05, 0) is 63.4 Å². The number of piperidine rings is 1. The van der Waals surface area contributed by atoms with E-state index < -0.39 is 0 Å². The summed E-state index contributed by atoms with van der Waals surface area (Å²) in [5, 5.41) is 3.45. The molecule has 1 aliphatic rings. The molecule has 1 N–H and O–H groups in total. The summed E-state index contributed by atoms with van der Waals surface area (Å²) in [7, 11) is 2.08. The fourth-order valence-electron chi connectivity index (χ4n) is 3.23. The van der Waals surface area contributed by atoms with E-state index in [0.29, 0.717) is 18.0 Å². The number of hydrogen-bond acceptors (Lipinski definition) is 2. The van der Waals surface area contributed by atoms with Crippen LogP contribution in [0.25, 0.3) is 0 Å². The van der Waals surface area contributed by atoms with Crippen LogP contribution >= 0.6 is 15.9 Å². The molecule has 2 nitrogen and oxygen atoms in total. The first kappa shape index (κ1) is 14.9. The van der Waals surface area contributed by atoms with Crippen LogP contribution in [0.3, 0.4) is 0 Å². The topological polar surface area (TPSA) is 15.3 Å². The van der Waals surface area contributed by atoms with Crippen molar-refractivity contribution < 1.29 is 0 Å². The standard InChI is InChI=1S/C16H25BrN2/c1-10-8-14(9-11(2)16(10)17)19-7-6-15(18-5)12(3)13(19)4/h8-9,12-13,15,18H,6-7H2,1-5H3. The van der Waals surface area contributed by atoms with E-state index in [0.717, 1.165) is 6.54 Å². The molecule has 106 valence electrons. The zero-order chi connectivity index (χ0) is 14.2. The molecule has 1 aliphatic heterocycles. The molecule has 1 heterocycles. The second kappa shape index (κ2) is 5.84. The van der Waals surface area contributed by atoms with Crippen LogP contribution in [0.5, 0.6) is 0 Å². The predicted molar refractivity (Wildman–Crippen MR) is 87.1 cm³/mol. The lowest BCUT2D eigenvalue weighted by Gasteiger charge is -2.44. The molecule has 0 bridgehead atoms. The lowest BCUT2D eigenvalue weighted by Crippen LogP contribution is -2.52. The molecule has 19 heavy (non-hydrogen) atoms. The Morgan fingerprint density at radius 1 is 1.21 bits per heavy atom. The van der Waals surface area contributed by atoms with Gasteiger partial charge in [0, 0.05) is 28.8 Å². The van der Waals surface area contributed by atoms with Gasteiger partial charge in [0.05, 0.1) is 0 Å². The van der Waals surface area contributed by atoms with E-state index in [9.17, 15) is 0 Å². The number of halogens is 1. The molecule has 0 radical (unpaired) electrons. The van der Waals surface area contributed by atoms with Crippen LogP contribution in [0.4, 0.5) is 5.69 Å². The van der Waals surface area contributed by atoms with Gasteiger partial charge in [0.2, 0.25) is 0 Å². The highest BCUT2D eigenvalue weighted by Crippen LogP contribution is 2.32. The van der Waals surface area contributed by atoms with Crippen molar-refractivity contribution in [3.8, 4) is 0 Å². The Balaban J connectivity index is 2.28. The molecule has 0 aromatic heterocycles. The van der Waals surface area contributed by atoms with Crippen molar-refractivity contribution in [2.75, 3.05) is 18.5 Å². The summed E-state index contributed by atoms with van der Waals surface area (Å²) < 4.78 is 1.24. The number of anilines is 1. The van der Waals surface area contributed by atoms with Gasteiger partial charge in [-0.25, -0.2) is 0 Å². The summed E-state index contributed by atoms with van der Waals surface area (Å²) in [6.45, 7) is 10.2. The summed E-state index contributed by atoms with van der Waals surface area (Å²) >= 11 is 3.66. The molecule has 3 unspecified atom stereocenters. The molecule has 2 rings (SSSR count). The predicted octanol–water partition coefficient (Wildman–Crippen LogP) is 3.89. The summed E-state index contributed by atoms with van der Waals surface area (Å²) in [4.78, 5) is 2.56. The van der Waals surface area contributed by atoms with Crippen molar-refractivity contribution in [1.82, 2.24) is 5.32 Å². The van der Waals surface area contributed by atoms with Crippen molar-refractivity contribution in [3.63, 3.8) is 0 Å². The maximum absolute atomic E-state index is 3.66. The largest absolute Gasteiger partial charge is 0.368 e. The van der Waals surface area contributed by atoms with Gasteiger partial charge in [-0.15, -0.1) is 0 Å². The zero-order valence-electron chi connectivity index (χ0n) is 12.6. The molecule has 1 saturated heterocycles. The Morgan fingerprint density at radius 2 is 1.79 bits per heavy atom. The zero-order valence-corrected chi connectivity index (χ0v) is 14.2. The molecular weight excluding hydrogens is 300 g/mol. The Bertz CT molecular complexity index is 435. The highest BCUT2D eigenvalue weighted by molar-refractivity contribution is 9.10. The van der Waals surface area contributed by atoms with Gasteiger partial charge in [-0.3, -0.25) is 0 Å². The van der Waals surface area contributed by atoms with Gasteiger partial charge in [-0.1, -0.05) is 22.9 Å². The molecule has 3 heteroatoms. The van der Waals surface area contributed by atoms with E-state index >= 15 is 0 Å². The van der Waals surface area contributed by atoms with Crippen LogP contribution in [0.15, 0.2) is 16.6 Å². The average Bonchev–Trinajstić information content (AvgIpc) is 2.38.